The molecule has 0 spiro atoms. The molecule has 0 bridgehead atoms. The molecule has 2 N–H and O–H groups in total. The van der Waals surface area contributed by atoms with E-state index < -0.39 is 19.1 Å². The monoisotopic (exact) mass is 300 g/mol. The summed E-state index contributed by atoms with van der Waals surface area (Å²) < 4.78 is 34.6. The van der Waals surface area contributed by atoms with Crippen LogP contribution in [0.2, 0.25) is 0 Å². The average Bonchev–Trinajstić information content (AvgIpc) is 2.48. The molecule has 21 heavy (non-hydrogen) atoms. The lowest BCUT2D eigenvalue weighted by Gasteiger charge is -2.23. The van der Waals surface area contributed by atoms with Gasteiger partial charge in [-0.15, -0.1) is 0 Å². The van der Waals surface area contributed by atoms with E-state index in [1.165, 1.54) is 0 Å². The molecule has 0 aromatic heterocycles. The zero-order valence-corrected chi connectivity index (χ0v) is 11.7. The van der Waals surface area contributed by atoms with E-state index in [4.69, 9.17) is 9.47 Å². The molecule has 1 fully saturated rings. The van der Waals surface area contributed by atoms with E-state index in [0.717, 1.165) is 5.56 Å². The molecule has 0 radical (unpaired) electrons. The topological polar surface area (TPSA) is 59.6 Å². The average molecular weight is 300 g/mol. The molecule has 2 rings (SSSR count). The maximum absolute atomic E-state index is 12.2. The molecule has 1 atom stereocenters. The Morgan fingerprint density at radius 3 is 3.05 bits per heavy atom. The normalized spacial score (nSPS) is 18.6. The number of nitrogens with one attached hydrogen (secondary N) is 2. The van der Waals surface area contributed by atoms with Gasteiger partial charge in [-0.2, -0.15) is 0 Å². The molecule has 1 amide bonds. The summed E-state index contributed by atoms with van der Waals surface area (Å²) in [6, 6.07) is 4.54. The molecular weight excluding hydrogens is 282 g/mol. The second kappa shape index (κ2) is 7.33. The highest BCUT2D eigenvalue weighted by Crippen LogP contribution is 2.23. The van der Waals surface area contributed by atoms with E-state index >= 15 is 0 Å². The number of rotatable bonds is 5. The minimum absolute atomic E-state index is 0.224. The highest BCUT2D eigenvalue weighted by atomic mass is 19.3. The minimum Gasteiger partial charge on any atom is -0.487 e. The lowest BCUT2D eigenvalue weighted by molar-refractivity contribution is -0.120. The van der Waals surface area contributed by atoms with Crippen molar-refractivity contribution in [3.05, 3.63) is 23.8 Å². The molecule has 116 valence electrons. The van der Waals surface area contributed by atoms with E-state index in [0.29, 0.717) is 31.2 Å². The Morgan fingerprint density at radius 2 is 2.38 bits per heavy atom. The lowest BCUT2D eigenvalue weighted by atomic mass is 10.2. The zero-order chi connectivity index (χ0) is 15.2. The first-order valence-electron chi connectivity index (χ1n) is 6.70. The number of aryl methyl sites for hydroxylation is 1. The van der Waals surface area contributed by atoms with Crippen molar-refractivity contribution in [1.29, 1.82) is 0 Å². The van der Waals surface area contributed by atoms with Gasteiger partial charge in [0.05, 0.1) is 13.2 Å². The van der Waals surface area contributed by atoms with Crippen molar-refractivity contribution >= 4 is 11.6 Å². The first-order chi connectivity index (χ1) is 10.1. The van der Waals surface area contributed by atoms with Gasteiger partial charge in [0, 0.05) is 18.3 Å². The van der Waals surface area contributed by atoms with Crippen LogP contribution in [0.25, 0.3) is 0 Å². The predicted molar refractivity (Wildman–Crippen MR) is 73.9 cm³/mol. The van der Waals surface area contributed by atoms with Gasteiger partial charge in [0.1, 0.15) is 18.4 Å². The number of hydrogen-bond acceptors (Lipinski definition) is 4. The van der Waals surface area contributed by atoms with Gasteiger partial charge in [-0.3, -0.25) is 4.79 Å². The highest BCUT2D eigenvalue weighted by Gasteiger charge is 2.21. The number of amides is 1. The number of halogens is 2. The summed E-state index contributed by atoms with van der Waals surface area (Å²) in [6.45, 7) is 2.60. The van der Waals surface area contributed by atoms with Gasteiger partial charge in [0.25, 0.3) is 6.43 Å². The van der Waals surface area contributed by atoms with Crippen molar-refractivity contribution in [2.45, 2.75) is 19.4 Å². The summed E-state index contributed by atoms with van der Waals surface area (Å²) in [5.41, 5.74) is 1.23. The van der Waals surface area contributed by atoms with Crippen molar-refractivity contribution < 1.29 is 23.0 Å². The van der Waals surface area contributed by atoms with Crippen LogP contribution in [-0.2, 0) is 9.53 Å². The van der Waals surface area contributed by atoms with Crippen LogP contribution in [0.1, 0.15) is 5.56 Å². The van der Waals surface area contributed by atoms with E-state index in [9.17, 15) is 13.6 Å². The van der Waals surface area contributed by atoms with Gasteiger partial charge < -0.3 is 20.1 Å². The maximum atomic E-state index is 12.2. The fourth-order valence-electron chi connectivity index (χ4n) is 1.95. The second-order valence-corrected chi connectivity index (χ2v) is 4.75. The summed E-state index contributed by atoms with van der Waals surface area (Å²) in [7, 11) is 0. The van der Waals surface area contributed by atoms with Gasteiger partial charge in [0.15, 0.2) is 0 Å². The van der Waals surface area contributed by atoms with E-state index in [-0.39, 0.29) is 5.91 Å². The molecule has 0 saturated carbocycles. The van der Waals surface area contributed by atoms with E-state index in [1.807, 2.05) is 0 Å². The van der Waals surface area contributed by atoms with Crippen LogP contribution in [0.5, 0.6) is 5.75 Å². The molecule has 1 aromatic rings. The van der Waals surface area contributed by atoms with Crippen molar-refractivity contribution in [1.82, 2.24) is 5.32 Å². The Labute approximate surface area is 121 Å². The summed E-state index contributed by atoms with van der Waals surface area (Å²) in [5, 5.41) is 5.76. The quantitative estimate of drug-likeness (QED) is 0.866. The third-order valence-electron chi connectivity index (χ3n) is 3.06. The molecule has 1 heterocycles. The fraction of sp³-hybridized carbons (Fsp3) is 0.500. The Hall–Kier alpha value is -1.73. The molecule has 5 nitrogen and oxygen atoms in total. The van der Waals surface area contributed by atoms with Crippen LogP contribution >= 0.6 is 0 Å². The number of carbonyl (C=O) groups excluding carboxylic acids is 1. The molecule has 1 aliphatic rings. The van der Waals surface area contributed by atoms with Crippen molar-refractivity contribution in [2.75, 3.05) is 31.7 Å². The number of carbonyl (C=O) groups is 1. The van der Waals surface area contributed by atoms with Gasteiger partial charge in [-0.25, -0.2) is 8.78 Å². The Bertz CT molecular complexity index is 491. The van der Waals surface area contributed by atoms with Gasteiger partial charge >= 0.3 is 0 Å². The van der Waals surface area contributed by atoms with Crippen molar-refractivity contribution in [3.63, 3.8) is 0 Å². The second-order valence-electron chi connectivity index (χ2n) is 4.75. The first kappa shape index (κ1) is 15.7. The smallest absolute Gasteiger partial charge is 0.272 e. The number of hydrogen-bond donors (Lipinski definition) is 2. The third-order valence-corrected chi connectivity index (χ3v) is 3.06. The standard InChI is InChI=1S/C14H18F2N2O3/c1-9-2-3-10(6-12(9)21-8-13(15)16)18-14(19)11-7-20-5-4-17-11/h2-3,6,11,13,17H,4-5,7-8H2,1H3,(H,18,19). The van der Waals surface area contributed by atoms with Crippen molar-refractivity contribution in [3.8, 4) is 5.75 Å². The number of anilines is 1. The molecule has 0 aliphatic carbocycles. The number of alkyl halides is 2. The Morgan fingerprint density at radius 1 is 1.57 bits per heavy atom. The molecule has 1 aromatic carbocycles. The molecular formula is C14H18F2N2O3. The highest BCUT2D eigenvalue weighted by molar-refractivity contribution is 5.95. The van der Waals surface area contributed by atoms with Crippen LogP contribution in [0, 0.1) is 6.92 Å². The number of ether oxygens (including phenoxy) is 2. The number of morpholine rings is 1. The molecule has 1 unspecified atom stereocenters. The summed E-state index contributed by atoms with van der Waals surface area (Å²) in [6.07, 6.45) is -2.54. The van der Waals surface area contributed by atoms with Crippen LogP contribution in [0.3, 0.4) is 0 Å². The maximum Gasteiger partial charge on any atom is 0.272 e. The first-order valence-corrected chi connectivity index (χ1v) is 6.70. The molecule has 1 saturated heterocycles. The predicted octanol–water partition coefficient (Wildman–Crippen LogP) is 1.57. The van der Waals surface area contributed by atoms with Crippen LogP contribution in [0.4, 0.5) is 14.5 Å². The third kappa shape index (κ3) is 4.64. The van der Waals surface area contributed by atoms with Gasteiger partial charge in [0.2, 0.25) is 5.91 Å². The largest absolute Gasteiger partial charge is 0.487 e. The van der Waals surface area contributed by atoms with Gasteiger partial charge in [-0.1, -0.05) is 6.07 Å². The van der Waals surface area contributed by atoms with Crippen LogP contribution in [-0.4, -0.2) is 44.7 Å². The van der Waals surface area contributed by atoms with Gasteiger partial charge in [-0.05, 0) is 18.6 Å². The summed E-state index contributed by atoms with van der Waals surface area (Å²) in [4.78, 5) is 12.0. The van der Waals surface area contributed by atoms with Crippen LogP contribution < -0.4 is 15.4 Å². The minimum atomic E-state index is -2.54. The van der Waals surface area contributed by atoms with Crippen LogP contribution in [0.15, 0.2) is 18.2 Å². The fourth-order valence-corrected chi connectivity index (χ4v) is 1.95. The van der Waals surface area contributed by atoms with Crippen molar-refractivity contribution in [2.24, 2.45) is 0 Å². The summed E-state index contributed by atoms with van der Waals surface area (Å²) >= 11 is 0. The molecule has 1 aliphatic heterocycles. The van der Waals surface area contributed by atoms with E-state index in [2.05, 4.69) is 10.6 Å². The number of benzene rings is 1. The SMILES string of the molecule is Cc1ccc(NC(=O)C2COCCN2)cc1OCC(F)F. The molecule has 7 heteroatoms. The summed E-state index contributed by atoms with van der Waals surface area (Å²) in [5.74, 6) is 0.110. The van der Waals surface area contributed by atoms with E-state index in [1.54, 1.807) is 25.1 Å². The lowest BCUT2D eigenvalue weighted by Crippen LogP contribution is -2.48. The zero-order valence-electron chi connectivity index (χ0n) is 11.7. The Balaban J connectivity index is 1.99. The Kier molecular flexibility index (Phi) is 5.46.